The van der Waals surface area contributed by atoms with E-state index in [4.69, 9.17) is 0 Å². The van der Waals surface area contributed by atoms with E-state index in [2.05, 4.69) is 45.1 Å². The molecular formula is C15H22BrN3. The van der Waals surface area contributed by atoms with Crippen molar-refractivity contribution in [1.82, 2.24) is 9.97 Å². The van der Waals surface area contributed by atoms with E-state index < -0.39 is 0 Å². The van der Waals surface area contributed by atoms with Crippen LogP contribution in [0.15, 0.2) is 10.7 Å². The van der Waals surface area contributed by atoms with E-state index in [1.54, 1.807) is 0 Å². The lowest BCUT2D eigenvalue weighted by molar-refractivity contribution is 0.348. The lowest BCUT2D eigenvalue weighted by Crippen LogP contribution is -2.20. The molecule has 3 atom stereocenters. The number of fused-ring (bicyclic) bond motifs is 2. The minimum absolute atomic E-state index is 0.362. The molecule has 0 radical (unpaired) electrons. The maximum absolute atomic E-state index is 4.60. The van der Waals surface area contributed by atoms with Crippen LogP contribution in [0.25, 0.3) is 0 Å². The summed E-state index contributed by atoms with van der Waals surface area (Å²) >= 11 is 3.48. The highest BCUT2D eigenvalue weighted by molar-refractivity contribution is 9.10. The van der Waals surface area contributed by atoms with Crippen LogP contribution >= 0.6 is 15.9 Å². The second-order valence-electron chi connectivity index (χ2n) is 6.40. The molecule has 3 rings (SSSR count). The van der Waals surface area contributed by atoms with E-state index in [1.165, 1.54) is 25.7 Å². The topological polar surface area (TPSA) is 37.8 Å². The van der Waals surface area contributed by atoms with Gasteiger partial charge >= 0.3 is 0 Å². The summed E-state index contributed by atoms with van der Waals surface area (Å²) < 4.78 is 0.877. The van der Waals surface area contributed by atoms with E-state index in [9.17, 15) is 0 Å². The molecule has 0 aromatic carbocycles. The molecule has 2 fully saturated rings. The molecule has 2 aliphatic rings. The van der Waals surface area contributed by atoms with Crippen LogP contribution in [0, 0.1) is 17.8 Å². The van der Waals surface area contributed by atoms with Gasteiger partial charge < -0.3 is 5.32 Å². The molecule has 1 aromatic heterocycles. The number of halogens is 1. The fraction of sp³-hybridized carbons (Fsp3) is 0.733. The first-order chi connectivity index (χ1) is 9.11. The van der Waals surface area contributed by atoms with Crippen molar-refractivity contribution >= 4 is 21.7 Å². The third-order valence-corrected chi connectivity index (χ3v) is 5.06. The van der Waals surface area contributed by atoms with Gasteiger partial charge in [-0.3, -0.25) is 0 Å². The van der Waals surface area contributed by atoms with Gasteiger partial charge in [0.25, 0.3) is 0 Å². The van der Waals surface area contributed by atoms with Gasteiger partial charge in [0.1, 0.15) is 16.2 Å². The van der Waals surface area contributed by atoms with E-state index in [1.807, 2.05) is 6.07 Å². The summed E-state index contributed by atoms with van der Waals surface area (Å²) in [6.07, 6.45) is 5.80. The quantitative estimate of drug-likeness (QED) is 0.843. The number of anilines is 1. The molecule has 2 saturated carbocycles. The summed E-state index contributed by atoms with van der Waals surface area (Å²) in [5.41, 5.74) is 0. The smallest absolute Gasteiger partial charge is 0.134 e. The van der Waals surface area contributed by atoms with Crippen molar-refractivity contribution in [2.24, 2.45) is 17.8 Å². The third-order valence-electron chi connectivity index (χ3n) is 4.66. The third kappa shape index (κ3) is 2.93. The first kappa shape index (κ1) is 13.3. The number of hydrogen-bond acceptors (Lipinski definition) is 3. The molecule has 0 amide bonds. The van der Waals surface area contributed by atoms with Gasteiger partial charge in [0.05, 0.1) is 0 Å². The molecule has 2 bridgehead atoms. The highest BCUT2D eigenvalue weighted by Crippen LogP contribution is 2.48. The van der Waals surface area contributed by atoms with Crippen molar-refractivity contribution in [2.75, 3.05) is 11.9 Å². The highest BCUT2D eigenvalue weighted by atomic mass is 79.9. The number of rotatable bonds is 4. The average molecular weight is 324 g/mol. The molecule has 0 spiro atoms. The van der Waals surface area contributed by atoms with Crippen LogP contribution in [0.1, 0.15) is 51.3 Å². The fourth-order valence-corrected chi connectivity index (χ4v) is 4.04. The number of nitrogens with zero attached hydrogens (tertiary/aromatic N) is 2. The first-order valence-corrected chi connectivity index (χ1v) is 8.19. The van der Waals surface area contributed by atoms with Crippen molar-refractivity contribution in [3.05, 3.63) is 16.5 Å². The monoisotopic (exact) mass is 323 g/mol. The van der Waals surface area contributed by atoms with Gasteiger partial charge in [0, 0.05) is 18.5 Å². The zero-order valence-electron chi connectivity index (χ0n) is 11.7. The largest absolute Gasteiger partial charge is 0.370 e. The van der Waals surface area contributed by atoms with Gasteiger partial charge in [-0.25, -0.2) is 9.97 Å². The minimum atomic E-state index is 0.362. The first-order valence-electron chi connectivity index (χ1n) is 7.40. The summed E-state index contributed by atoms with van der Waals surface area (Å²) in [7, 11) is 0. The highest BCUT2D eigenvalue weighted by Gasteiger charge is 2.39. The molecule has 3 nitrogen and oxygen atoms in total. The van der Waals surface area contributed by atoms with Gasteiger partial charge in [-0.2, -0.15) is 0 Å². The summed E-state index contributed by atoms with van der Waals surface area (Å²) in [5, 5.41) is 3.53. The van der Waals surface area contributed by atoms with E-state index in [0.717, 1.165) is 40.5 Å². The van der Waals surface area contributed by atoms with Gasteiger partial charge in [-0.05, 0) is 52.9 Å². The summed E-state index contributed by atoms with van der Waals surface area (Å²) in [4.78, 5) is 9.02. The second kappa shape index (κ2) is 5.39. The Balaban J connectivity index is 1.63. The molecular weight excluding hydrogens is 302 g/mol. The molecule has 1 aromatic rings. The molecule has 2 aliphatic carbocycles. The number of nitrogens with one attached hydrogen (secondary N) is 1. The standard InChI is InChI=1S/C15H22BrN3/c1-9(2)15-18-13(16)7-14(19-15)17-8-12-6-10-3-4-11(12)5-10/h7,9-12H,3-6,8H2,1-2H3,(H,17,18,19). The van der Waals surface area contributed by atoms with E-state index >= 15 is 0 Å². The van der Waals surface area contributed by atoms with Crippen LogP contribution < -0.4 is 5.32 Å². The Morgan fingerprint density at radius 1 is 1.32 bits per heavy atom. The predicted molar refractivity (Wildman–Crippen MR) is 81.2 cm³/mol. The molecule has 1 heterocycles. The van der Waals surface area contributed by atoms with Crippen molar-refractivity contribution < 1.29 is 0 Å². The van der Waals surface area contributed by atoms with Gasteiger partial charge in [0.2, 0.25) is 0 Å². The Kier molecular flexibility index (Phi) is 3.79. The molecule has 104 valence electrons. The average Bonchev–Trinajstić information content (AvgIpc) is 2.97. The molecule has 1 N–H and O–H groups in total. The number of hydrogen-bond donors (Lipinski definition) is 1. The second-order valence-corrected chi connectivity index (χ2v) is 7.22. The SMILES string of the molecule is CC(C)c1nc(Br)cc(NCC2CC3CCC2C3)n1. The van der Waals surface area contributed by atoms with Crippen LogP contribution in [0.5, 0.6) is 0 Å². The van der Waals surface area contributed by atoms with Crippen LogP contribution in [0.2, 0.25) is 0 Å². The Bertz CT molecular complexity index is 461. The van der Waals surface area contributed by atoms with Crippen LogP contribution in [-0.4, -0.2) is 16.5 Å². The lowest BCUT2D eigenvalue weighted by Gasteiger charge is -2.22. The van der Waals surface area contributed by atoms with Crippen LogP contribution in [-0.2, 0) is 0 Å². The maximum atomic E-state index is 4.60. The Morgan fingerprint density at radius 2 is 2.16 bits per heavy atom. The zero-order chi connectivity index (χ0) is 13.4. The maximum Gasteiger partial charge on any atom is 0.134 e. The van der Waals surface area contributed by atoms with Crippen molar-refractivity contribution in [3.8, 4) is 0 Å². The van der Waals surface area contributed by atoms with Gasteiger partial charge in [0.15, 0.2) is 0 Å². The molecule has 0 aliphatic heterocycles. The normalized spacial score (nSPS) is 29.2. The molecule has 3 unspecified atom stereocenters. The van der Waals surface area contributed by atoms with Crippen molar-refractivity contribution in [2.45, 2.75) is 45.4 Å². The van der Waals surface area contributed by atoms with Crippen LogP contribution in [0.4, 0.5) is 5.82 Å². The lowest BCUT2D eigenvalue weighted by atomic mass is 9.89. The minimum Gasteiger partial charge on any atom is -0.370 e. The summed E-state index contributed by atoms with van der Waals surface area (Å²) in [6.45, 7) is 5.32. The summed E-state index contributed by atoms with van der Waals surface area (Å²) in [5.74, 6) is 5.07. The molecule has 19 heavy (non-hydrogen) atoms. The van der Waals surface area contributed by atoms with Crippen molar-refractivity contribution in [3.63, 3.8) is 0 Å². The zero-order valence-corrected chi connectivity index (χ0v) is 13.3. The van der Waals surface area contributed by atoms with Crippen LogP contribution in [0.3, 0.4) is 0 Å². The van der Waals surface area contributed by atoms with E-state index in [0.29, 0.717) is 5.92 Å². The van der Waals surface area contributed by atoms with Crippen molar-refractivity contribution in [1.29, 1.82) is 0 Å². The Hall–Kier alpha value is -0.640. The Morgan fingerprint density at radius 3 is 2.79 bits per heavy atom. The van der Waals surface area contributed by atoms with Gasteiger partial charge in [-0.1, -0.05) is 20.3 Å². The molecule has 0 saturated heterocycles. The van der Waals surface area contributed by atoms with Gasteiger partial charge in [-0.15, -0.1) is 0 Å². The van der Waals surface area contributed by atoms with E-state index in [-0.39, 0.29) is 0 Å². The fourth-order valence-electron chi connectivity index (χ4n) is 3.65. The summed E-state index contributed by atoms with van der Waals surface area (Å²) in [6, 6.07) is 1.99. The number of aromatic nitrogens is 2. The predicted octanol–water partition coefficient (Wildman–Crippen LogP) is 4.21. The molecule has 4 heteroatoms. The Labute approximate surface area is 123 Å².